The average Bonchev–Trinajstić information content (AvgIpc) is 2.68. The van der Waals surface area contributed by atoms with Crippen LogP contribution in [0.25, 0.3) is 0 Å². The van der Waals surface area contributed by atoms with Crippen molar-refractivity contribution in [3.63, 3.8) is 0 Å². The first-order valence-corrected chi connectivity index (χ1v) is 11.2. The van der Waals surface area contributed by atoms with Crippen LogP contribution in [0.2, 0.25) is 0 Å². The highest BCUT2D eigenvalue weighted by Crippen LogP contribution is 2.44. The average molecular weight is 436 g/mol. The van der Waals surface area contributed by atoms with E-state index >= 15 is 0 Å². The number of halogens is 4. The van der Waals surface area contributed by atoms with E-state index in [0.29, 0.717) is 31.4 Å². The highest BCUT2D eigenvalue weighted by atomic mass is 19.3. The van der Waals surface area contributed by atoms with Crippen molar-refractivity contribution in [2.75, 3.05) is 6.54 Å². The fraction of sp³-hybridized carbons (Fsp3) is 0.538. The van der Waals surface area contributed by atoms with Crippen LogP contribution in [-0.2, 0) is 17.4 Å². The maximum absolute atomic E-state index is 13.9. The number of aryl methyl sites for hydroxylation is 1. The van der Waals surface area contributed by atoms with Crippen molar-refractivity contribution in [3.05, 3.63) is 70.8 Å². The molecule has 2 aromatic carbocycles. The van der Waals surface area contributed by atoms with Gasteiger partial charge in [0.1, 0.15) is 11.6 Å². The van der Waals surface area contributed by atoms with Crippen molar-refractivity contribution in [1.82, 2.24) is 5.32 Å². The maximum atomic E-state index is 13.9. The molecule has 0 atom stereocenters. The number of alkyl halides is 2. The van der Waals surface area contributed by atoms with E-state index in [1.165, 1.54) is 17.7 Å². The van der Waals surface area contributed by atoms with Crippen molar-refractivity contribution in [1.29, 1.82) is 0 Å². The van der Waals surface area contributed by atoms with Crippen LogP contribution in [0, 0.1) is 11.6 Å². The molecule has 5 heteroatoms. The van der Waals surface area contributed by atoms with Gasteiger partial charge in [-0.2, -0.15) is 0 Å². The topological polar surface area (TPSA) is 12.0 Å². The second-order valence-corrected chi connectivity index (χ2v) is 9.93. The molecule has 1 N–H and O–H groups in total. The minimum Gasteiger partial charge on any atom is -0.307 e. The zero-order valence-corrected chi connectivity index (χ0v) is 18.7. The Balaban J connectivity index is 1.67. The molecule has 3 rings (SSSR count). The molecule has 0 amide bonds. The number of rotatable bonds is 7. The van der Waals surface area contributed by atoms with Gasteiger partial charge in [-0.1, -0.05) is 45.0 Å². The van der Waals surface area contributed by atoms with E-state index in [0.717, 1.165) is 24.5 Å². The first-order valence-electron chi connectivity index (χ1n) is 11.2. The van der Waals surface area contributed by atoms with E-state index in [-0.39, 0.29) is 18.3 Å². The van der Waals surface area contributed by atoms with Gasteiger partial charge in [0, 0.05) is 24.4 Å². The summed E-state index contributed by atoms with van der Waals surface area (Å²) in [6.07, 6.45) is 2.69. The van der Waals surface area contributed by atoms with Crippen LogP contribution in [0.15, 0.2) is 42.5 Å². The molecule has 1 aliphatic carbocycles. The van der Waals surface area contributed by atoms with Crippen LogP contribution in [0.4, 0.5) is 17.6 Å². The molecule has 1 saturated carbocycles. The standard InChI is InChI=1S/C26H33F4N/c1-24(2,3)20-8-6-9-21(17-20)25(10-12-26(29,30)13-11-25)31-14-5-4-7-19-15-22(27)18-23(28)16-19/h6,8-9,15-18,31H,4-5,7,10-14H2,1-3H3. The van der Waals surface area contributed by atoms with Gasteiger partial charge in [0.2, 0.25) is 5.92 Å². The Kier molecular flexibility index (Phi) is 7.14. The second-order valence-electron chi connectivity index (χ2n) is 9.93. The number of hydrogen-bond donors (Lipinski definition) is 1. The SMILES string of the molecule is CC(C)(C)c1cccc(C2(NCCCCc3cc(F)cc(F)c3)CCC(F)(F)CC2)c1. The Morgan fingerprint density at radius 2 is 1.52 bits per heavy atom. The predicted octanol–water partition coefficient (Wildman–Crippen LogP) is 7.28. The molecule has 0 spiro atoms. The lowest BCUT2D eigenvalue weighted by Gasteiger charge is -2.42. The third-order valence-electron chi connectivity index (χ3n) is 6.39. The van der Waals surface area contributed by atoms with Crippen molar-refractivity contribution < 1.29 is 17.6 Å². The molecule has 1 fully saturated rings. The van der Waals surface area contributed by atoms with Gasteiger partial charge in [0.05, 0.1) is 0 Å². The molecule has 0 heterocycles. The van der Waals surface area contributed by atoms with Crippen LogP contribution in [-0.4, -0.2) is 12.5 Å². The molecule has 0 bridgehead atoms. The summed E-state index contributed by atoms with van der Waals surface area (Å²) in [6, 6.07) is 11.9. The summed E-state index contributed by atoms with van der Waals surface area (Å²) in [4.78, 5) is 0. The fourth-order valence-corrected chi connectivity index (χ4v) is 4.43. The maximum Gasteiger partial charge on any atom is 0.248 e. The van der Waals surface area contributed by atoms with Crippen LogP contribution in [0.3, 0.4) is 0 Å². The largest absolute Gasteiger partial charge is 0.307 e. The van der Waals surface area contributed by atoms with Gasteiger partial charge in [-0.3, -0.25) is 0 Å². The molecule has 0 aromatic heterocycles. The minimum absolute atomic E-state index is 0.0178. The van der Waals surface area contributed by atoms with Crippen molar-refractivity contribution in [2.24, 2.45) is 0 Å². The monoisotopic (exact) mass is 435 g/mol. The van der Waals surface area contributed by atoms with E-state index < -0.39 is 23.1 Å². The summed E-state index contributed by atoms with van der Waals surface area (Å²) in [5.74, 6) is -3.73. The molecule has 1 aliphatic rings. The Morgan fingerprint density at radius 1 is 0.871 bits per heavy atom. The molecule has 0 saturated heterocycles. The molecule has 0 aliphatic heterocycles. The van der Waals surface area contributed by atoms with Gasteiger partial charge in [-0.15, -0.1) is 0 Å². The number of unbranched alkanes of at least 4 members (excludes halogenated alkanes) is 1. The molecule has 31 heavy (non-hydrogen) atoms. The number of hydrogen-bond acceptors (Lipinski definition) is 1. The summed E-state index contributed by atoms with van der Waals surface area (Å²) in [5.41, 5.74) is 2.42. The Morgan fingerprint density at radius 3 is 2.13 bits per heavy atom. The number of nitrogens with one attached hydrogen (secondary N) is 1. The second kappa shape index (κ2) is 9.32. The smallest absolute Gasteiger partial charge is 0.248 e. The van der Waals surface area contributed by atoms with E-state index in [4.69, 9.17) is 0 Å². The van der Waals surface area contributed by atoms with Crippen molar-refractivity contribution in [2.45, 2.75) is 82.6 Å². The molecule has 1 nitrogen and oxygen atoms in total. The van der Waals surface area contributed by atoms with Crippen LogP contribution in [0.1, 0.15) is 76.0 Å². The third kappa shape index (κ3) is 6.31. The lowest BCUT2D eigenvalue weighted by molar-refractivity contribution is -0.0570. The molecule has 0 unspecified atom stereocenters. The lowest BCUT2D eigenvalue weighted by atomic mass is 9.73. The van der Waals surface area contributed by atoms with Gasteiger partial charge in [0.15, 0.2) is 0 Å². The summed E-state index contributed by atoms with van der Waals surface area (Å²) in [6.45, 7) is 7.12. The normalized spacial score (nSPS) is 18.2. The highest BCUT2D eigenvalue weighted by Gasteiger charge is 2.44. The van der Waals surface area contributed by atoms with Gasteiger partial charge < -0.3 is 5.32 Å². The summed E-state index contributed by atoms with van der Waals surface area (Å²) < 4.78 is 54.6. The fourth-order valence-electron chi connectivity index (χ4n) is 4.43. The molecular formula is C26H33F4N. The first-order chi connectivity index (χ1) is 14.5. The summed E-state index contributed by atoms with van der Waals surface area (Å²) in [5, 5.41) is 3.60. The van der Waals surface area contributed by atoms with Crippen LogP contribution in [0.5, 0.6) is 0 Å². The third-order valence-corrected chi connectivity index (χ3v) is 6.39. The van der Waals surface area contributed by atoms with E-state index in [2.05, 4.69) is 38.2 Å². The Labute approximate surface area is 183 Å². The first kappa shape index (κ1) is 23.8. The van der Waals surface area contributed by atoms with Gasteiger partial charge >= 0.3 is 0 Å². The lowest BCUT2D eigenvalue weighted by Crippen LogP contribution is -2.48. The molecular weight excluding hydrogens is 402 g/mol. The van der Waals surface area contributed by atoms with Gasteiger partial charge in [-0.25, -0.2) is 17.6 Å². The molecule has 2 aromatic rings. The molecule has 0 radical (unpaired) electrons. The summed E-state index contributed by atoms with van der Waals surface area (Å²) >= 11 is 0. The Bertz CT molecular complexity index is 855. The van der Waals surface area contributed by atoms with Gasteiger partial charge in [-0.05, 0) is 72.9 Å². The van der Waals surface area contributed by atoms with Gasteiger partial charge in [0.25, 0.3) is 0 Å². The van der Waals surface area contributed by atoms with Crippen molar-refractivity contribution in [3.8, 4) is 0 Å². The van der Waals surface area contributed by atoms with Crippen LogP contribution < -0.4 is 5.32 Å². The van der Waals surface area contributed by atoms with E-state index in [9.17, 15) is 17.6 Å². The van der Waals surface area contributed by atoms with E-state index in [1.807, 2.05) is 12.1 Å². The zero-order chi connectivity index (χ0) is 22.7. The van der Waals surface area contributed by atoms with Crippen LogP contribution >= 0.6 is 0 Å². The number of benzene rings is 2. The predicted molar refractivity (Wildman–Crippen MR) is 118 cm³/mol. The van der Waals surface area contributed by atoms with Crippen molar-refractivity contribution >= 4 is 0 Å². The summed E-state index contributed by atoms with van der Waals surface area (Å²) in [7, 11) is 0. The molecule has 170 valence electrons. The minimum atomic E-state index is -2.60. The highest BCUT2D eigenvalue weighted by molar-refractivity contribution is 5.34. The quantitative estimate of drug-likeness (QED) is 0.356. The Hall–Kier alpha value is -1.88. The zero-order valence-electron chi connectivity index (χ0n) is 18.7. The van der Waals surface area contributed by atoms with E-state index in [1.54, 1.807) is 0 Å².